The number of hydrogen-bond acceptors (Lipinski definition) is 3. The summed E-state index contributed by atoms with van der Waals surface area (Å²) in [6, 6.07) is 5.97. The van der Waals surface area contributed by atoms with Crippen molar-refractivity contribution >= 4 is 0 Å². The Bertz CT molecular complexity index is 301. The van der Waals surface area contributed by atoms with Crippen LogP contribution in [0.4, 0.5) is 0 Å². The molecule has 0 bridgehead atoms. The van der Waals surface area contributed by atoms with Gasteiger partial charge >= 0.3 is 0 Å². The molecule has 0 aromatic carbocycles. The van der Waals surface area contributed by atoms with E-state index in [4.69, 9.17) is 10.5 Å². The Labute approximate surface area is 91.7 Å². The van der Waals surface area contributed by atoms with Crippen molar-refractivity contribution in [2.45, 2.75) is 26.3 Å². The second kappa shape index (κ2) is 5.83. The molecule has 0 aliphatic heterocycles. The molecule has 3 heteroatoms. The van der Waals surface area contributed by atoms with Crippen molar-refractivity contribution in [3.8, 4) is 0 Å². The van der Waals surface area contributed by atoms with Crippen molar-refractivity contribution in [3.63, 3.8) is 0 Å². The highest BCUT2D eigenvalue weighted by molar-refractivity contribution is 5.13. The molecule has 1 aromatic heterocycles. The molecule has 15 heavy (non-hydrogen) atoms. The van der Waals surface area contributed by atoms with E-state index in [0.717, 1.165) is 24.4 Å². The Morgan fingerprint density at radius 3 is 2.80 bits per heavy atom. The summed E-state index contributed by atoms with van der Waals surface area (Å²) in [5.74, 6) is 0.388. The first-order chi connectivity index (χ1) is 7.15. The van der Waals surface area contributed by atoms with E-state index >= 15 is 0 Å². The van der Waals surface area contributed by atoms with Crippen LogP contribution in [-0.2, 0) is 4.74 Å². The lowest BCUT2D eigenvalue weighted by Crippen LogP contribution is -2.21. The van der Waals surface area contributed by atoms with Crippen molar-refractivity contribution in [3.05, 3.63) is 29.6 Å². The van der Waals surface area contributed by atoms with Gasteiger partial charge in [0.15, 0.2) is 0 Å². The maximum Gasteiger partial charge on any atom is 0.0576 e. The maximum absolute atomic E-state index is 6.13. The summed E-state index contributed by atoms with van der Waals surface area (Å²) < 4.78 is 5.05. The van der Waals surface area contributed by atoms with Gasteiger partial charge in [0.25, 0.3) is 0 Å². The lowest BCUT2D eigenvalue weighted by atomic mass is 9.96. The lowest BCUT2D eigenvalue weighted by Gasteiger charge is -2.19. The van der Waals surface area contributed by atoms with E-state index in [1.54, 1.807) is 7.11 Å². The molecule has 1 rings (SSSR count). The number of ether oxygens (including phenoxy) is 1. The Morgan fingerprint density at radius 2 is 2.20 bits per heavy atom. The zero-order valence-corrected chi connectivity index (χ0v) is 9.73. The van der Waals surface area contributed by atoms with E-state index in [-0.39, 0.29) is 6.04 Å². The summed E-state index contributed by atoms with van der Waals surface area (Å²) in [6.07, 6.45) is 0.966. The van der Waals surface area contributed by atoms with Gasteiger partial charge in [-0.15, -0.1) is 0 Å². The maximum atomic E-state index is 6.13. The summed E-state index contributed by atoms with van der Waals surface area (Å²) >= 11 is 0. The van der Waals surface area contributed by atoms with Gasteiger partial charge in [-0.1, -0.05) is 13.0 Å². The Hall–Kier alpha value is -0.930. The number of methoxy groups -OCH3 is 1. The number of hydrogen-bond donors (Lipinski definition) is 1. The van der Waals surface area contributed by atoms with Gasteiger partial charge in [0, 0.05) is 25.5 Å². The molecule has 3 nitrogen and oxygen atoms in total. The summed E-state index contributed by atoms with van der Waals surface area (Å²) in [5.41, 5.74) is 8.12. The molecule has 0 saturated carbocycles. The van der Waals surface area contributed by atoms with Crippen LogP contribution in [-0.4, -0.2) is 18.7 Å². The van der Waals surface area contributed by atoms with Gasteiger partial charge in [-0.3, -0.25) is 4.98 Å². The molecule has 0 aliphatic rings. The molecule has 1 aromatic rings. The van der Waals surface area contributed by atoms with E-state index < -0.39 is 0 Å². The quantitative estimate of drug-likeness (QED) is 0.805. The van der Waals surface area contributed by atoms with Crippen LogP contribution < -0.4 is 5.73 Å². The number of nitrogens with zero attached hydrogens (tertiary/aromatic N) is 1. The monoisotopic (exact) mass is 208 g/mol. The highest BCUT2D eigenvalue weighted by atomic mass is 16.5. The predicted octanol–water partition coefficient (Wildman–Crippen LogP) is 2.06. The molecule has 0 aliphatic carbocycles. The molecule has 0 saturated heterocycles. The third-order valence-corrected chi connectivity index (χ3v) is 2.64. The van der Waals surface area contributed by atoms with E-state index in [9.17, 15) is 0 Å². The molecular weight excluding hydrogens is 188 g/mol. The van der Waals surface area contributed by atoms with Gasteiger partial charge in [0.2, 0.25) is 0 Å². The molecule has 0 spiro atoms. The topological polar surface area (TPSA) is 48.1 Å². The molecule has 2 N–H and O–H groups in total. The number of aryl methyl sites for hydroxylation is 1. The lowest BCUT2D eigenvalue weighted by molar-refractivity contribution is 0.174. The minimum absolute atomic E-state index is 0.0000463. The van der Waals surface area contributed by atoms with Crippen LogP contribution in [0.1, 0.15) is 30.8 Å². The van der Waals surface area contributed by atoms with Crippen molar-refractivity contribution in [2.24, 2.45) is 11.7 Å². The van der Waals surface area contributed by atoms with Crippen LogP contribution in [0.25, 0.3) is 0 Å². The van der Waals surface area contributed by atoms with Crippen LogP contribution in [0, 0.1) is 12.8 Å². The highest BCUT2D eigenvalue weighted by Gasteiger charge is 2.15. The zero-order valence-electron chi connectivity index (χ0n) is 9.73. The van der Waals surface area contributed by atoms with Crippen LogP contribution in [0.3, 0.4) is 0 Å². The Balaban J connectivity index is 2.62. The third kappa shape index (κ3) is 3.61. The highest BCUT2D eigenvalue weighted by Crippen LogP contribution is 2.20. The largest absolute Gasteiger partial charge is 0.385 e. The van der Waals surface area contributed by atoms with Gasteiger partial charge in [-0.25, -0.2) is 0 Å². The smallest absolute Gasteiger partial charge is 0.0576 e. The van der Waals surface area contributed by atoms with Crippen molar-refractivity contribution in [1.29, 1.82) is 0 Å². The minimum atomic E-state index is 0.0000463. The molecule has 0 fully saturated rings. The van der Waals surface area contributed by atoms with Gasteiger partial charge in [0.05, 0.1) is 5.69 Å². The van der Waals surface area contributed by atoms with Crippen molar-refractivity contribution < 1.29 is 4.74 Å². The fraction of sp³-hybridized carbons (Fsp3) is 0.583. The predicted molar refractivity (Wildman–Crippen MR) is 61.6 cm³/mol. The van der Waals surface area contributed by atoms with E-state index in [0.29, 0.717) is 5.92 Å². The molecule has 0 amide bonds. The average molecular weight is 208 g/mol. The normalized spacial score (nSPS) is 14.9. The number of aromatic nitrogens is 1. The standard InChI is InChI=1S/C12H20N2O/c1-9(7-8-15-3)12(13)11-6-4-5-10(2)14-11/h4-6,9,12H,7-8,13H2,1-3H3. The summed E-state index contributed by atoms with van der Waals surface area (Å²) in [5, 5.41) is 0. The van der Waals surface area contributed by atoms with Crippen LogP contribution in [0.2, 0.25) is 0 Å². The first kappa shape index (κ1) is 12.1. The summed E-state index contributed by atoms with van der Waals surface area (Å²) in [4.78, 5) is 4.44. The van der Waals surface area contributed by atoms with Gasteiger partial charge in [-0.05, 0) is 31.4 Å². The van der Waals surface area contributed by atoms with Gasteiger partial charge < -0.3 is 10.5 Å². The molecule has 1 heterocycles. The first-order valence-electron chi connectivity index (χ1n) is 5.33. The first-order valence-corrected chi connectivity index (χ1v) is 5.33. The average Bonchev–Trinajstić information content (AvgIpc) is 2.24. The summed E-state index contributed by atoms with van der Waals surface area (Å²) in [6.45, 7) is 4.87. The van der Waals surface area contributed by atoms with Gasteiger partial charge in [-0.2, -0.15) is 0 Å². The third-order valence-electron chi connectivity index (χ3n) is 2.64. The molecular formula is C12H20N2O. The van der Waals surface area contributed by atoms with Crippen LogP contribution in [0.5, 0.6) is 0 Å². The Morgan fingerprint density at radius 1 is 1.47 bits per heavy atom. The number of rotatable bonds is 5. The molecule has 84 valence electrons. The number of nitrogens with two attached hydrogens (primary N) is 1. The fourth-order valence-corrected chi connectivity index (χ4v) is 1.52. The Kier molecular flexibility index (Phi) is 4.72. The van der Waals surface area contributed by atoms with Gasteiger partial charge in [0.1, 0.15) is 0 Å². The van der Waals surface area contributed by atoms with E-state index in [1.165, 1.54) is 0 Å². The van der Waals surface area contributed by atoms with Crippen LogP contribution >= 0.6 is 0 Å². The second-order valence-electron chi connectivity index (χ2n) is 3.99. The fourth-order valence-electron chi connectivity index (χ4n) is 1.52. The SMILES string of the molecule is COCCC(C)C(N)c1cccc(C)n1. The van der Waals surface area contributed by atoms with Crippen molar-refractivity contribution in [1.82, 2.24) is 4.98 Å². The van der Waals surface area contributed by atoms with Crippen LogP contribution in [0.15, 0.2) is 18.2 Å². The molecule has 2 atom stereocenters. The zero-order chi connectivity index (χ0) is 11.3. The van der Waals surface area contributed by atoms with Crippen molar-refractivity contribution in [2.75, 3.05) is 13.7 Å². The second-order valence-corrected chi connectivity index (χ2v) is 3.99. The van der Waals surface area contributed by atoms with E-state index in [2.05, 4.69) is 11.9 Å². The summed E-state index contributed by atoms with van der Waals surface area (Å²) in [7, 11) is 1.71. The molecule has 0 radical (unpaired) electrons. The molecule has 2 unspecified atom stereocenters. The number of pyridine rings is 1. The van der Waals surface area contributed by atoms with E-state index in [1.807, 2.05) is 25.1 Å². The minimum Gasteiger partial charge on any atom is -0.385 e.